The summed E-state index contributed by atoms with van der Waals surface area (Å²) < 4.78 is 309. The quantitative estimate of drug-likeness (QED) is 0.271. The summed E-state index contributed by atoms with van der Waals surface area (Å²) in [5.74, 6) is -18.4. The van der Waals surface area contributed by atoms with Crippen LogP contribution in [0.4, 0.5) is 101 Å². The van der Waals surface area contributed by atoms with Gasteiger partial charge >= 0.3 is 54.3 Å². The Morgan fingerprint density at radius 3 is 1.27 bits per heavy atom. The van der Waals surface area contributed by atoms with Crippen LogP contribution in [0.15, 0.2) is 0 Å². The molecule has 0 saturated carbocycles. The fourth-order valence-corrected chi connectivity index (χ4v) is 3.39. The van der Waals surface area contributed by atoms with Crippen LogP contribution >= 0.6 is 0 Å². The van der Waals surface area contributed by atoms with Crippen LogP contribution in [0.1, 0.15) is 6.42 Å². The van der Waals surface area contributed by atoms with Crippen molar-refractivity contribution in [2.75, 3.05) is 6.61 Å². The number of rotatable bonds is 6. The fourth-order valence-electron chi connectivity index (χ4n) is 3.39. The predicted molar refractivity (Wildman–Crippen MR) is 75.5 cm³/mol. The van der Waals surface area contributed by atoms with Gasteiger partial charge in [-0.2, -0.15) is 79.0 Å². The van der Waals surface area contributed by atoms with Gasteiger partial charge in [0.1, 0.15) is 12.7 Å². The predicted octanol–water partition coefficient (Wildman–Crippen LogP) is 7.87. The van der Waals surface area contributed by atoms with E-state index in [9.17, 15) is 101 Å². The van der Waals surface area contributed by atoms with E-state index < -0.39 is 91.3 Å². The second kappa shape index (κ2) is 9.67. The highest BCUT2D eigenvalue weighted by Crippen LogP contribution is 2.64. The summed E-state index contributed by atoms with van der Waals surface area (Å²) in [6.45, 7) is -4.04. The van der Waals surface area contributed by atoms with Gasteiger partial charge in [0.15, 0.2) is 0 Å². The fraction of sp³-hybridized carbons (Fsp3) is 1.00. The molecule has 4 atom stereocenters. The first kappa shape index (κ1) is 36.3. The molecule has 25 heteroatoms. The van der Waals surface area contributed by atoms with Gasteiger partial charge in [0.2, 0.25) is 5.79 Å². The monoisotopic (exact) mass is 656 g/mol. The van der Waals surface area contributed by atoms with E-state index in [1.165, 1.54) is 0 Å². The molecule has 40 heavy (non-hydrogen) atoms. The zero-order chi connectivity index (χ0) is 32.6. The highest BCUT2D eigenvalue weighted by molar-refractivity contribution is 5.16. The van der Waals surface area contributed by atoms with Crippen molar-refractivity contribution in [1.82, 2.24) is 0 Å². The number of hydrogen-bond acceptors (Lipinski definition) is 2. The van der Waals surface area contributed by atoms with Crippen molar-refractivity contribution in [2.45, 2.75) is 78.8 Å². The maximum Gasteiger partial charge on any atom is 0.437 e. The van der Waals surface area contributed by atoms with Crippen LogP contribution < -0.4 is 0 Å². The number of halogens is 23. The molecule has 0 aromatic heterocycles. The lowest BCUT2D eigenvalue weighted by molar-refractivity contribution is -0.453. The van der Waals surface area contributed by atoms with E-state index in [0.717, 1.165) is 0 Å². The van der Waals surface area contributed by atoms with Crippen molar-refractivity contribution in [3.8, 4) is 0 Å². The Hall–Kier alpha value is -1.69. The molecular weight excluding hydrogens is 649 g/mol. The zero-order valence-corrected chi connectivity index (χ0v) is 17.7. The maximum atomic E-state index is 14.8. The van der Waals surface area contributed by atoms with Gasteiger partial charge in [-0.05, 0) is 0 Å². The molecule has 0 bridgehead atoms. The van der Waals surface area contributed by atoms with Gasteiger partial charge in [0.05, 0.1) is 5.92 Å². The van der Waals surface area contributed by atoms with E-state index in [-0.39, 0.29) is 0 Å². The smallest absolute Gasteiger partial charge is 0.340 e. The van der Waals surface area contributed by atoms with Gasteiger partial charge in [-0.1, -0.05) is 0 Å². The third kappa shape index (κ3) is 5.80. The number of ether oxygens (including phenoxy) is 2. The maximum absolute atomic E-state index is 14.8. The third-order valence-electron chi connectivity index (χ3n) is 5.27. The molecule has 1 fully saturated rings. The van der Waals surface area contributed by atoms with Crippen molar-refractivity contribution in [3.05, 3.63) is 0 Å². The van der Waals surface area contributed by atoms with Crippen molar-refractivity contribution in [2.24, 2.45) is 5.92 Å². The van der Waals surface area contributed by atoms with E-state index in [2.05, 4.69) is 9.47 Å². The summed E-state index contributed by atoms with van der Waals surface area (Å²) in [6.07, 6.45) is -60.8. The average Bonchev–Trinajstić information content (AvgIpc) is 3.08. The SMILES string of the molecule is FC(C(F)(F)F)C(F)(F)COC1(C(F)(C(F)(F)F)C(F)(F)F)CC(C(F)(F)F)C(C(F)(C(F)(F)F)C(F)(F)F)O1. The highest BCUT2D eigenvalue weighted by atomic mass is 19.4. The van der Waals surface area contributed by atoms with Gasteiger partial charge in [-0.25, -0.2) is 22.0 Å². The Morgan fingerprint density at radius 1 is 0.625 bits per heavy atom. The second-order valence-corrected chi connectivity index (χ2v) is 7.96. The van der Waals surface area contributed by atoms with Gasteiger partial charge in [-0.3, -0.25) is 0 Å². The van der Waals surface area contributed by atoms with Crippen molar-refractivity contribution in [1.29, 1.82) is 0 Å². The molecule has 1 rings (SSSR count). The van der Waals surface area contributed by atoms with Crippen molar-refractivity contribution >= 4 is 0 Å². The van der Waals surface area contributed by atoms with Gasteiger partial charge in [-0.15, -0.1) is 0 Å². The van der Waals surface area contributed by atoms with Crippen molar-refractivity contribution in [3.63, 3.8) is 0 Å². The average molecular weight is 656 g/mol. The van der Waals surface area contributed by atoms with Crippen LogP contribution in [0.25, 0.3) is 0 Å². The minimum Gasteiger partial charge on any atom is -0.340 e. The Morgan fingerprint density at radius 2 is 1.00 bits per heavy atom. The Balaban J connectivity index is 4.12. The lowest BCUT2D eigenvalue weighted by Crippen LogP contribution is -2.70. The summed E-state index contributed by atoms with van der Waals surface area (Å²) in [7, 11) is 0. The minimum absolute atomic E-state index is 2.78. The van der Waals surface area contributed by atoms with E-state index in [0.29, 0.717) is 0 Å². The summed E-state index contributed by atoms with van der Waals surface area (Å²) in [5.41, 5.74) is -15.6. The Labute approximate surface area is 203 Å². The van der Waals surface area contributed by atoms with Crippen molar-refractivity contribution < 1.29 is 110 Å². The molecule has 0 aromatic carbocycles. The molecule has 240 valence electrons. The molecule has 0 radical (unpaired) electrons. The van der Waals surface area contributed by atoms with Crippen LogP contribution in [0.5, 0.6) is 0 Å². The molecule has 1 heterocycles. The van der Waals surface area contributed by atoms with Crippen LogP contribution in [0.2, 0.25) is 0 Å². The summed E-state index contributed by atoms with van der Waals surface area (Å²) in [4.78, 5) is 0. The lowest BCUT2D eigenvalue weighted by atomic mass is 9.82. The van der Waals surface area contributed by atoms with E-state index in [4.69, 9.17) is 0 Å². The molecule has 1 aliphatic rings. The molecule has 0 spiro atoms. The van der Waals surface area contributed by atoms with Gasteiger partial charge in [0, 0.05) is 6.42 Å². The van der Waals surface area contributed by atoms with E-state index in [1.54, 1.807) is 0 Å². The van der Waals surface area contributed by atoms with Crippen LogP contribution in [-0.2, 0) is 9.47 Å². The third-order valence-corrected chi connectivity index (χ3v) is 5.27. The second-order valence-electron chi connectivity index (χ2n) is 7.96. The number of hydrogen-bond donors (Lipinski definition) is 0. The standard InChI is InChI=1S/C15H7F23O2/c16-5(10(23,24)25)6(17,18)2-39-7(11(26,14(33,34)35)15(36,37)38)1-3(9(20,21)22)4(40-7)8(19,12(27,28)29)13(30,31)32/h3-5H,1-2H2. The highest BCUT2D eigenvalue weighted by Gasteiger charge is 2.90. The van der Waals surface area contributed by atoms with Crippen LogP contribution in [-0.4, -0.2) is 79.0 Å². The van der Waals surface area contributed by atoms with E-state index >= 15 is 0 Å². The summed E-state index contributed by atoms with van der Waals surface area (Å²) in [6, 6.07) is 0. The molecule has 0 N–H and O–H groups in total. The molecule has 2 nitrogen and oxygen atoms in total. The molecule has 0 aliphatic carbocycles. The summed E-state index contributed by atoms with van der Waals surface area (Å²) in [5, 5.41) is 0. The first-order chi connectivity index (χ1) is 17.0. The van der Waals surface area contributed by atoms with Crippen LogP contribution in [0.3, 0.4) is 0 Å². The Kier molecular flexibility index (Phi) is 8.79. The largest absolute Gasteiger partial charge is 0.437 e. The molecular formula is C15H7F23O2. The first-order valence-electron chi connectivity index (χ1n) is 9.16. The zero-order valence-electron chi connectivity index (χ0n) is 17.7. The Bertz CT molecular complexity index is 859. The normalized spacial score (nSPS) is 25.9. The summed E-state index contributed by atoms with van der Waals surface area (Å²) >= 11 is 0. The van der Waals surface area contributed by atoms with E-state index in [1.807, 2.05) is 0 Å². The molecule has 4 unspecified atom stereocenters. The molecule has 0 amide bonds. The molecule has 0 aromatic rings. The molecule has 1 aliphatic heterocycles. The molecule has 1 saturated heterocycles. The van der Waals surface area contributed by atoms with Crippen LogP contribution in [0, 0.1) is 5.92 Å². The minimum atomic E-state index is -7.96. The number of alkyl halides is 23. The van der Waals surface area contributed by atoms with Gasteiger partial charge < -0.3 is 9.47 Å². The topological polar surface area (TPSA) is 18.5 Å². The van der Waals surface area contributed by atoms with Gasteiger partial charge in [0.25, 0.3) is 6.17 Å². The first-order valence-corrected chi connectivity index (χ1v) is 9.16. The lowest BCUT2D eigenvalue weighted by Gasteiger charge is -2.44.